The molecular weight excluding hydrogens is 287 g/mol. The summed E-state index contributed by atoms with van der Waals surface area (Å²) >= 11 is 6.07. The van der Waals surface area contributed by atoms with Gasteiger partial charge in [-0.2, -0.15) is 13.2 Å². The van der Waals surface area contributed by atoms with Crippen molar-refractivity contribution >= 4 is 11.6 Å². The van der Waals surface area contributed by atoms with Gasteiger partial charge in [-0.1, -0.05) is 36.2 Å². The van der Waals surface area contributed by atoms with Crippen molar-refractivity contribution in [2.24, 2.45) is 17.6 Å². The number of alkyl halides is 3. The van der Waals surface area contributed by atoms with Crippen molar-refractivity contribution in [2.75, 3.05) is 0 Å². The van der Waals surface area contributed by atoms with Crippen LogP contribution in [0.3, 0.4) is 0 Å². The second-order valence-corrected chi connectivity index (χ2v) is 6.03. The molecule has 2 rings (SSSR count). The first-order valence-corrected chi connectivity index (χ1v) is 7.31. The van der Waals surface area contributed by atoms with E-state index in [2.05, 4.69) is 0 Å². The molecule has 1 fully saturated rings. The largest absolute Gasteiger partial charge is 0.391 e. The van der Waals surface area contributed by atoms with Crippen LogP contribution in [0.15, 0.2) is 24.3 Å². The van der Waals surface area contributed by atoms with E-state index in [1.54, 1.807) is 6.07 Å². The number of halogens is 4. The van der Waals surface area contributed by atoms with E-state index >= 15 is 0 Å². The Kier molecular flexibility index (Phi) is 4.97. The minimum absolute atomic E-state index is 0.0772. The highest BCUT2D eigenvalue weighted by Gasteiger charge is 2.43. The molecular formula is C15H19ClF3N. The minimum Gasteiger partial charge on any atom is -0.327 e. The average molecular weight is 306 g/mol. The topological polar surface area (TPSA) is 26.0 Å². The number of nitrogens with two attached hydrogens (primary N) is 1. The molecule has 112 valence electrons. The van der Waals surface area contributed by atoms with Gasteiger partial charge in [0.1, 0.15) is 0 Å². The Balaban J connectivity index is 1.99. The van der Waals surface area contributed by atoms with Crippen LogP contribution < -0.4 is 5.73 Å². The van der Waals surface area contributed by atoms with Gasteiger partial charge in [0.25, 0.3) is 0 Å². The van der Waals surface area contributed by atoms with Crippen LogP contribution in [0.5, 0.6) is 0 Å². The Morgan fingerprint density at radius 2 is 1.95 bits per heavy atom. The van der Waals surface area contributed by atoms with Gasteiger partial charge >= 0.3 is 6.18 Å². The molecule has 0 amide bonds. The lowest BCUT2D eigenvalue weighted by Gasteiger charge is -2.34. The third-order valence-electron chi connectivity index (χ3n) is 4.20. The summed E-state index contributed by atoms with van der Waals surface area (Å²) in [5.41, 5.74) is 7.04. The maximum atomic E-state index is 12.8. The fourth-order valence-corrected chi connectivity index (χ4v) is 3.21. The Bertz CT molecular complexity index is 447. The first kappa shape index (κ1) is 15.6. The number of hydrogen-bond acceptors (Lipinski definition) is 1. The summed E-state index contributed by atoms with van der Waals surface area (Å²) in [6.07, 6.45) is -1.80. The summed E-state index contributed by atoms with van der Waals surface area (Å²) in [4.78, 5) is 0. The van der Waals surface area contributed by atoms with E-state index < -0.39 is 12.1 Å². The van der Waals surface area contributed by atoms with E-state index in [-0.39, 0.29) is 24.8 Å². The van der Waals surface area contributed by atoms with E-state index in [1.165, 1.54) is 0 Å². The van der Waals surface area contributed by atoms with Gasteiger partial charge in [-0.05, 0) is 43.2 Å². The Labute approximate surface area is 122 Å². The van der Waals surface area contributed by atoms with Crippen LogP contribution >= 0.6 is 11.6 Å². The smallest absolute Gasteiger partial charge is 0.327 e. The summed E-state index contributed by atoms with van der Waals surface area (Å²) in [6.45, 7) is 0. The van der Waals surface area contributed by atoms with Gasteiger partial charge in [0.15, 0.2) is 0 Å². The lowest BCUT2D eigenvalue weighted by molar-refractivity contribution is -0.186. The highest BCUT2D eigenvalue weighted by molar-refractivity contribution is 6.31. The van der Waals surface area contributed by atoms with Crippen LogP contribution in [-0.4, -0.2) is 12.2 Å². The lowest BCUT2D eigenvalue weighted by atomic mass is 9.76. The van der Waals surface area contributed by atoms with Gasteiger partial charge in [0.05, 0.1) is 5.92 Å². The number of hydrogen-bond donors (Lipinski definition) is 1. The minimum atomic E-state index is -4.09. The molecule has 0 bridgehead atoms. The molecule has 0 aliphatic heterocycles. The molecule has 0 spiro atoms. The molecule has 3 unspecified atom stereocenters. The van der Waals surface area contributed by atoms with E-state index in [0.717, 1.165) is 12.0 Å². The zero-order valence-corrected chi connectivity index (χ0v) is 11.9. The van der Waals surface area contributed by atoms with Gasteiger partial charge in [0, 0.05) is 11.1 Å². The first-order valence-electron chi connectivity index (χ1n) is 6.93. The molecule has 1 aromatic rings. The Hall–Kier alpha value is -0.740. The van der Waals surface area contributed by atoms with Gasteiger partial charge < -0.3 is 5.73 Å². The van der Waals surface area contributed by atoms with E-state index in [0.29, 0.717) is 17.9 Å². The van der Waals surface area contributed by atoms with Crippen LogP contribution in [0.2, 0.25) is 5.02 Å². The predicted molar refractivity (Wildman–Crippen MR) is 74.6 cm³/mol. The second kappa shape index (κ2) is 6.35. The summed E-state index contributed by atoms with van der Waals surface area (Å²) in [5, 5.41) is 0.631. The summed E-state index contributed by atoms with van der Waals surface area (Å²) in [7, 11) is 0. The van der Waals surface area contributed by atoms with E-state index in [1.807, 2.05) is 18.2 Å². The third kappa shape index (κ3) is 3.89. The number of rotatable bonds is 3. The molecule has 0 aromatic heterocycles. The normalized spacial score (nSPS) is 25.4. The molecule has 1 aromatic carbocycles. The van der Waals surface area contributed by atoms with Gasteiger partial charge in [-0.3, -0.25) is 0 Å². The summed E-state index contributed by atoms with van der Waals surface area (Å²) in [5.74, 6) is -1.27. The summed E-state index contributed by atoms with van der Waals surface area (Å²) < 4.78 is 38.4. The molecule has 3 atom stereocenters. The molecule has 20 heavy (non-hydrogen) atoms. The zero-order chi connectivity index (χ0) is 14.8. The zero-order valence-electron chi connectivity index (χ0n) is 11.2. The molecule has 0 heterocycles. The van der Waals surface area contributed by atoms with Crippen molar-refractivity contribution < 1.29 is 13.2 Å². The lowest BCUT2D eigenvalue weighted by Crippen LogP contribution is -2.38. The highest BCUT2D eigenvalue weighted by Crippen LogP contribution is 2.41. The fourth-order valence-electron chi connectivity index (χ4n) is 3.00. The van der Waals surface area contributed by atoms with Crippen molar-refractivity contribution in [1.82, 2.24) is 0 Å². The maximum absolute atomic E-state index is 12.8. The Morgan fingerprint density at radius 1 is 1.25 bits per heavy atom. The molecule has 1 nitrogen and oxygen atoms in total. The van der Waals surface area contributed by atoms with Crippen LogP contribution in [0, 0.1) is 11.8 Å². The fraction of sp³-hybridized carbons (Fsp3) is 0.600. The van der Waals surface area contributed by atoms with Gasteiger partial charge in [0.2, 0.25) is 0 Å². The first-order chi connectivity index (χ1) is 9.38. The van der Waals surface area contributed by atoms with Crippen molar-refractivity contribution in [3.63, 3.8) is 0 Å². The standard InChI is InChI=1S/C15H19ClF3N/c16-13-7-2-1-4-10(13)9-14(20)11-5-3-6-12(8-11)15(17,18)19/h1-2,4,7,11-12,14H,3,5-6,8-9,20H2. The molecule has 2 N–H and O–H groups in total. The van der Waals surface area contributed by atoms with Crippen LogP contribution in [-0.2, 0) is 6.42 Å². The molecule has 0 saturated heterocycles. The maximum Gasteiger partial charge on any atom is 0.391 e. The number of benzene rings is 1. The summed E-state index contributed by atoms with van der Waals surface area (Å²) in [6, 6.07) is 7.10. The van der Waals surface area contributed by atoms with Crippen molar-refractivity contribution in [3.8, 4) is 0 Å². The molecule has 5 heteroatoms. The van der Waals surface area contributed by atoms with Gasteiger partial charge in [-0.25, -0.2) is 0 Å². The average Bonchev–Trinajstić information content (AvgIpc) is 2.40. The highest BCUT2D eigenvalue weighted by atomic mass is 35.5. The van der Waals surface area contributed by atoms with Crippen molar-refractivity contribution in [3.05, 3.63) is 34.9 Å². The Morgan fingerprint density at radius 3 is 2.60 bits per heavy atom. The molecule has 1 aliphatic carbocycles. The second-order valence-electron chi connectivity index (χ2n) is 5.62. The quantitative estimate of drug-likeness (QED) is 0.869. The molecule has 1 saturated carbocycles. The predicted octanol–water partition coefficient (Wildman–Crippen LogP) is 4.58. The van der Waals surface area contributed by atoms with E-state index in [4.69, 9.17) is 17.3 Å². The van der Waals surface area contributed by atoms with Crippen LogP contribution in [0.25, 0.3) is 0 Å². The van der Waals surface area contributed by atoms with Crippen LogP contribution in [0.4, 0.5) is 13.2 Å². The van der Waals surface area contributed by atoms with E-state index in [9.17, 15) is 13.2 Å². The molecule has 0 radical (unpaired) electrons. The van der Waals surface area contributed by atoms with Gasteiger partial charge in [-0.15, -0.1) is 0 Å². The third-order valence-corrected chi connectivity index (χ3v) is 4.57. The molecule has 1 aliphatic rings. The SMILES string of the molecule is NC(Cc1ccccc1Cl)C1CCCC(C(F)(F)F)C1. The monoisotopic (exact) mass is 305 g/mol. The van der Waals surface area contributed by atoms with Crippen molar-refractivity contribution in [1.29, 1.82) is 0 Å². The van der Waals surface area contributed by atoms with Crippen molar-refractivity contribution in [2.45, 2.75) is 44.3 Å². The van der Waals surface area contributed by atoms with Crippen LogP contribution in [0.1, 0.15) is 31.2 Å².